The fourth-order valence-electron chi connectivity index (χ4n) is 2.26. The molecule has 1 rings (SSSR count). The fourth-order valence-corrected chi connectivity index (χ4v) is 2.26. The maximum atomic E-state index is 6.06. The summed E-state index contributed by atoms with van der Waals surface area (Å²) in [6.07, 6.45) is 12.6. The van der Waals surface area contributed by atoms with E-state index in [0.717, 1.165) is 30.7 Å². The Morgan fingerprint density at radius 3 is 2.35 bits per heavy atom. The van der Waals surface area contributed by atoms with Crippen molar-refractivity contribution in [1.82, 2.24) is 4.90 Å². The summed E-state index contributed by atoms with van der Waals surface area (Å²) in [7, 11) is 0. The lowest BCUT2D eigenvalue weighted by molar-refractivity contribution is 0.189. The molecule has 0 bridgehead atoms. The molecule has 0 unspecified atom stereocenters. The molecule has 1 aliphatic heterocycles. The number of likely N-dealkylation sites (tertiary alicyclic amines) is 1. The lowest BCUT2D eigenvalue weighted by Gasteiger charge is -2.35. The minimum Gasteiger partial charge on any atom is -0.385 e. The van der Waals surface area contributed by atoms with Gasteiger partial charge in [-0.15, -0.1) is 0 Å². The molecule has 2 N–H and O–H groups in total. The molecule has 2 nitrogen and oxygen atoms in total. The predicted octanol–water partition coefficient (Wildman–Crippen LogP) is 3.29. The second kappa shape index (κ2) is 7.21. The first-order valence-corrected chi connectivity index (χ1v) is 6.65. The third-order valence-electron chi connectivity index (χ3n) is 3.53. The van der Waals surface area contributed by atoms with Crippen molar-refractivity contribution in [2.75, 3.05) is 13.1 Å². The Hall–Kier alpha value is -1.18. The second-order valence-electron chi connectivity index (χ2n) is 5.07. The summed E-state index contributed by atoms with van der Waals surface area (Å²) >= 11 is 0. The SMILES string of the molecule is C\C=C/C=C\C=C(/N)N1CCC(C(C)C)CC1. The van der Waals surface area contributed by atoms with E-state index in [2.05, 4.69) is 18.7 Å². The summed E-state index contributed by atoms with van der Waals surface area (Å²) in [5.41, 5.74) is 6.06. The lowest BCUT2D eigenvalue weighted by Crippen LogP contribution is -2.37. The van der Waals surface area contributed by atoms with Gasteiger partial charge in [-0.1, -0.05) is 38.2 Å². The number of piperidine rings is 1. The number of rotatable bonds is 4. The molecule has 2 heteroatoms. The Kier molecular flexibility index (Phi) is 5.88. The van der Waals surface area contributed by atoms with Gasteiger partial charge < -0.3 is 10.6 Å². The maximum absolute atomic E-state index is 6.06. The molecule has 0 saturated carbocycles. The summed E-state index contributed by atoms with van der Waals surface area (Å²) in [6, 6.07) is 0. The summed E-state index contributed by atoms with van der Waals surface area (Å²) in [5, 5.41) is 0. The molecule has 0 radical (unpaired) electrons. The van der Waals surface area contributed by atoms with Crippen LogP contribution >= 0.6 is 0 Å². The van der Waals surface area contributed by atoms with Crippen LogP contribution in [0.5, 0.6) is 0 Å². The minimum atomic E-state index is 0.803. The summed E-state index contributed by atoms with van der Waals surface area (Å²) in [6.45, 7) is 8.85. The number of hydrogen-bond donors (Lipinski definition) is 1. The highest BCUT2D eigenvalue weighted by molar-refractivity contribution is 5.14. The Labute approximate surface area is 106 Å². The molecule has 0 aromatic carbocycles. The van der Waals surface area contributed by atoms with Gasteiger partial charge >= 0.3 is 0 Å². The van der Waals surface area contributed by atoms with Gasteiger partial charge in [-0.2, -0.15) is 0 Å². The quantitative estimate of drug-likeness (QED) is 0.756. The Morgan fingerprint density at radius 2 is 1.82 bits per heavy atom. The molecule has 1 heterocycles. The van der Waals surface area contributed by atoms with Crippen LogP contribution < -0.4 is 5.73 Å². The molecule has 0 aromatic rings. The van der Waals surface area contributed by atoms with E-state index in [4.69, 9.17) is 5.73 Å². The summed E-state index contributed by atoms with van der Waals surface area (Å²) in [4.78, 5) is 2.29. The molecule has 1 fully saturated rings. The molecular formula is C15H26N2. The van der Waals surface area contributed by atoms with Crippen molar-refractivity contribution < 1.29 is 0 Å². The summed E-state index contributed by atoms with van der Waals surface area (Å²) in [5.74, 6) is 2.57. The smallest absolute Gasteiger partial charge is 0.0986 e. The van der Waals surface area contributed by atoms with E-state index in [1.807, 2.05) is 37.3 Å². The van der Waals surface area contributed by atoms with Crippen molar-refractivity contribution in [2.45, 2.75) is 33.6 Å². The minimum absolute atomic E-state index is 0.803. The highest BCUT2D eigenvalue weighted by Gasteiger charge is 2.21. The van der Waals surface area contributed by atoms with E-state index in [1.165, 1.54) is 12.8 Å². The molecule has 0 spiro atoms. The second-order valence-corrected chi connectivity index (χ2v) is 5.07. The Bertz CT molecular complexity index is 292. The van der Waals surface area contributed by atoms with E-state index in [-0.39, 0.29) is 0 Å². The van der Waals surface area contributed by atoms with Crippen LogP contribution in [0.3, 0.4) is 0 Å². The van der Waals surface area contributed by atoms with Crippen molar-refractivity contribution in [3.8, 4) is 0 Å². The predicted molar refractivity (Wildman–Crippen MR) is 75.4 cm³/mol. The average molecular weight is 234 g/mol. The highest BCUT2D eigenvalue weighted by atomic mass is 15.2. The molecule has 0 atom stereocenters. The van der Waals surface area contributed by atoms with Gasteiger partial charge in [0.15, 0.2) is 0 Å². The molecular weight excluding hydrogens is 208 g/mol. The van der Waals surface area contributed by atoms with Crippen molar-refractivity contribution >= 4 is 0 Å². The van der Waals surface area contributed by atoms with Crippen LogP contribution in [-0.4, -0.2) is 18.0 Å². The standard InChI is InChI=1S/C15H26N2/c1-4-5-6-7-8-15(16)17-11-9-14(10-12-17)13(2)3/h4-8,13-14H,9-12,16H2,1-3H3/b5-4-,7-6-,15-8+. The van der Waals surface area contributed by atoms with E-state index >= 15 is 0 Å². The van der Waals surface area contributed by atoms with Crippen LogP contribution in [0.15, 0.2) is 36.2 Å². The van der Waals surface area contributed by atoms with E-state index < -0.39 is 0 Å². The van der Waals surface area contributed by atoms with E-state index in [9.17, 15) is 0 Å². The van der Waals surface area contributed by atoms with Crippen LogP contribution in [0, 0.1) is 11.8 Å². The first-order valence-electron chi connectivity index (χ1n) is 6.65. The molecule has 0 aliphatic carbocycles. The molecule has 96 valence electrons. The zero-order chi connectivity index (χ0) is 12.7. The first kappa shape index (κ1) is 13.9. The van der Waals surface area contributed by atoms with Gasteiger partial charge in [0, 0.05) is 13.1 Å². The number of nitrogens with two attached hydrogens (primary N) is 1. The highest BCUT2D eigenvalue weighted by Crippen LogP contribution is 2.25. The van der Waals surface area contributed by atoms with Crippen LogP contribution in [-0.2, 0) is 0 Å². The summed E-state index contributed by atoms with van der Waals surface area (Å²) < 4.78 is 0. The average Bonchev–Trinajstić information content (AvgIpc) is 2.34. The van der Waals surface area contributed by atoms with Crippen LogP contribution in [0.25, 0.3) is 0 Å². The Morgan fingerprint density at radius 1 is 1.18 bits per heavy atom. The number of hydrogen-bond acceptors (Lipinski definition) is 2. The van der Waals surface area contributed by atoms with Gasteiger partial charge in [0.1, 0.15) is 0 Å². The first-order chi connectivity index (χ1) is 8.15. The number of allylic oxidation sites excluding steroid dienone is 5. The lowest BCUT2D eigenvalue weighted by atomic mass is 9.87. The van der Waals surface area contributed by atoms with E-state index in [1.54, 1.807) is 0 Å². The molecule has 0 aromatic heterocycles. The normalized spacial score (nSPS) is 20.0. The largest absolute Gasteiger partial charge is 0.385 e. The molecule has 0 amide bonds. The van der Waals surface area contributed by atoms with E-state index in [0.29, 0.717) is 0 Å². The van der Waals surface area contributed by atoms with Crippen molar-refractivity contribution in [3.05, 3.63) is 36.2 Å². The van der Waals surface area contributed by atoms with Gasteiger partial charge in [-0.3, -0.25) is 0 Å². The Balaban J connectivity index is 2.42. The molecule has 1 saturated heterocycles. The molecule has 1 aliphatic rings. The van der Waals surface area contributed by atoms with Crippen molar-refractivity contribution in [2.24, 2.45) is 17.6 Å². The zero-order valence-electron chi connectivity index (χ0n) is 11.4. The van der Waals surface area contributed by atoms with Gasteiger partial charge in [-0.05, 0) is 37.7 Å². The number of nitrogens with zero attached hydrogens (tertiary/aromatic N) is 1. The van der Waals surface area contributed by atoms with Gasteiger partial charge in [0.2, 0.25) is 0 Å². The van der Waals surface area contributed by atoms with Crippen molar-refractivity contribution in [1.29, 1.82) is 0 Å². The van der Waals surface area contributed by atoms with Gasteiger partial charge in [-0.25, -0.2) is 0 Å². The van der Waals surface area contributed by atoms with Crippen LogP contribution in [0.1, 0.15) is 33.6 Å². The van der Waals surface area contributed by atoms with Gasteiger partial charge in [0.25, 0.3) is 0 Å². The van der Waals surface area contributed by atoms with Crippen LogP contribution in [0.2, 0.25) is 0 Å². The third-order valence-corrected chi connectivity index (χ3v) is 3.53. The fraction of sp³-hybridized carbons (Fsp3) is 0.600. The third kappa shape index (κ3) is 4.68. The van der Waals surface area contributed by atoms with Crippen LogP contribution in [0.4, 0.5) is 0 Å². The van der Waals surface area contributed by atoms with Gasteiger partial charge in [0.05, 0.1) is 5.82 Å². The topological polar surface area (TPSA) is 29.3 Å². The van der Waals surface area contributed by atoms with Crippen molar-refractivity contribution in [3.63, 3.8) is 0 Å². The monoisotopic (exact) mass is 234 g/mol. The zero-order valence-corrected chi connectivity index (χ0v) is 11.4. The molecule has 17 heavy (non-hydrogen) atoms. The maximum Gasteiger partial charge on any atom is 0.0986 e.